The van der Waals surface area contributed by atoms with E-state index in [0.29, 0.717) is 5.56 Å². The highest BCUT2D eigenvalue weighted by Crippen LogP contribution is 2.21. The van der Waals surface area contributed by atoms with Crippen molar-refractivity contribution in [3.63, 3.8) is 0 Å². The number of ketones is 1. The van der Waals surface area contributed by atoms with Crippen LogP contribution in [-0.4, -0.2) is 15.3 Å². The first-order chi connectivity index (χ1) is 8.75. The molecule has 18 heavy (non-hydrogen) atoms. The monoisotopic (exact) mass is 240 g/mol. The molecule has 3 rings (SSSR count). The van der Waals surface area contributed by atoms with Crippen molar-refractivity contribution < 1.29 is 9.21 Å². The van der Waals surface area contributed by atoms with E-state index in [9.17, 15) is 4.79 Å². The fraction of sp³-hybridized carbons (Fsp3) is 0.143. The number of aryl methyl sites for hydroxylation is 1. The Balaban J connectivity index is 1.95. The second-order valence-corrected chi connectivity index (χ2v) is 4.20. The molecule has 1 aromatic carbocycles. The predicted octanol–water partition coefficient (Wildman–Crippen LogP) is 2.59. The van der Waals surface area contributed by atoms with Gasteiger partial charge < -0.3 is 8.98 Å². The molecule has 4 nitrogen and oxygen atoms in total. The molecule has 90 valence electrons. The van der Waals surface area contributed by atoms with Crippen LogP contribution in [0.25, 0.3) is 11.0 Å². The van der Waals surface area contributed by atoms with Gasteiger partial charge in [-0.2, -0.15) is 0 Å². The largest absolute Gasteiger partial charge is 0.464 e. The Morgan fingerprint density at radius 2 is 2.22 bits per heavy atom. The van der Waals surface area contributed by atoms with E-state index >= 15 is 0 Å². The Labute approximate surface area is 104 Å². The van der Waals surface area contributed by atoms with Gasteiger partial charge in [0.05, 0.1) is 12.0 Å². The van der Waals surface area contributed by atoms with Crippen molar-refractivity contribution in [3.05, 3.63) is 54.3 Å². The summed E-state index contributed by atoms with van der Waals surface area (Å²) in [6.07, 6.45) is 5.33. The van der Waals surface area contributed by atoms with Crippen LogP contribution in [0.4, 0.5) is 0 Å². The topological polar surface area (TPSA) is 48.0 Å². The molecule has 0 atom stereocenters. The maximum Gasteiger partial charge on any atom is 0.174 e. The van der Waals surface area contributed by atoms with Crippen molar-refractivity contribution in [2.45, 2.75) is 6.42 Å². The molecule has 0 aliphatic rings. The molecule has 0 saturated carbocycles. The van der Waals surface area contributed by atoms with Crippen LogP contribution in [0.3, 0.4) is 0 Å². The molecule has 0 aliphatic heterocycles. The van der Waals surface area contributed by atoms with Crippen LogP contribution < -0.4 is 0 Å². The average Bonchev–Trinajstić information content (AvgIpc) is 2.96. The first-order valence-corrected chi connectivity index (χ1v) is 5.71. The molecule has 0 amide bonds. The van der Waals surface area contributed by atoms with E-state index in [1.807, 2.05) is 42.1 Å². The number of nitrogens with zero attached hydrogens (tertiary/aromatic N) is 2. The van der Waals surface area contributed by atoms with Gasteiger partial charge in [-0.05, 0) is 6.07 Å². The van der Waals surface area contributed by atoms with E-state index in [1.54, 1.807) is 6.20 Å². The second-order valence-electron chi connectivity index (χ2n) is 4.20. The highest BCUT2D eigenvalue weighted by molar-refractivity contribution is 6.07. The Bertz CT molecular complexity index is 709. The number of hydrogen-bond acceptors (Lipinski definition) is 3. The molecule has 0 spiro atoms. The number of imidazole rings is 1. The quantitative estimate of drug-likeness (QED) is 0.661. The van der Waals surface area contributed by atoms with Gasteiger partial charge in [-0.25, -0.2) is 4.98 Å². The summed E-state index contributed by atoms with van der Waals surface area (Å²) in [5.41, 5.74) is 1.36. The normalized spacial score (nSPS) is 10.9. The third-order valence-electron chi connectivity index (χ3n) is 3.02. The fourth-order valence-electron chi connectivity index (χ4n) is 2.00. The lowest BCUT2D eigenvalue weighted by molar-refractivity contribution is 0.0990. The number of carbonyl (C=O) groups is 1. The van der Waals surface area contributed by atoms with Crippen molar-refractivity contribution in [2.75, 3.05) is 0 Å². The maximum atomic E-state index is 12.2. The van der Waals surface area contributed by atoms with Crippen LogP contribution in [-0.2, 0) is 13.5 Å². The number of benzene rings is 1. The molecule has 2 aromatic heterocycles. The minimum absolute atomic E-state index is 0.0225. The number of carbonyl (C=O) groups excluding carboxylic acids is 1. The van der Waals surface area contributed by atoms with Crippen molar-refractivity contribution >= 4 is 16.8 Å². The summed E-state index contributed by atoms with van der Waals surface area (Å²) in [5.74, 6) is 0.777. The Kier molecular flexibility index (Phi) is 2.48. The molecule has 3 aromatic rings. The van der Waals surface area contributed by atoms with Gasteiger partial charge >= 0.3 is 0 Å². The van der Waals surface area contributed by atoms with E-state index in [2.05, 4.69) is 4.98 Å². The van der Waals surface area contributed by atoms with Gasteiger partial charge in [-0.1, -0.05) is 18.2 Å². The zero-order valence-electron chi connectivity index (χ0n) is 9.96. The summed E-state index contributed by atoms with van der Waals surface area (Å²) in [6.45, 7) is 0. The molecule has 0 saturated heterocycles. The van der Waals surface area contributed by atoms with Crippen molar-refractivity contribution in [1.82, 2.24) is 9.55 Å². The molecule has 0 fully saturated rings. The van der Waals surface area contributed by atoms with Crippen LogP contribution in [0.15, 0.2) is 47.3 Å². The summed E-state index contributed by atoms with van der Waals surface area (Å²) in [5, 5.41) is 0.858. The standard InChI is InChI=1S/C14H12N2O2/c1-16-7-6-15-14(16)8-12(17)11-9-18-13-5-3-2-4-10(11)13/h2-7,9H,8H2,1H3. The first kappa shape index (κ1) is 10.8. The predicted molar refractivity (Wildman–Crippen MR) is 67.5 cm³/mol. The molecular weight excluding hydrogens is 228 g/mol. The second kappa shape index (κ2) is 4.14. The Morgan fingerprint density at radius 1 is 1.39 bits per heavy atom. The average molecular weight is 240 g/mol. The number of rotatable bonds is 3. The van der Waals surface area contributed by atoms with Gasteiger partial charge in [0.1, 0.15) is 17.7 Å². The van der Waals surface area contributed by atoms with E-state index in [4.69, 9.17) is 4.42 Å². The van der Waals surface area contributed by atoms with Gasteiger partial charge in [0.15, 0.2) is 5.78 Å². The van der Waals surface area contributed by atoms with E-state index < -0.39 is 0 Å². The SMILES string of the molecule is Cn1ccnc1CC(=O)c1coc2ccccc12. The van der Waals surface area contributed by atoms with Crippen LogP contribution >= 0.6 is 0 Å². The van der Waals surface area contributed by atoms with Crippen LogP contribution in [0, 0.1) is 0 Å². The number of fused-ring (bicyclic) bond motifs is 1. The van der Waals surface area contributed by atoms with Gasteiger partial charge in [-0.15, -0.1) is 0 Å². The molecular formula is C14H12N2O2. The van der Waals surface area contributed by atoms with Crippen LogP contribution in [0.2, 0.25) is 0 Å². The summed E-state index contributed by atoms with van der Waals surface area (Å²) in [7, 11) is 1.88. The molecule has 0 aliphatic carbocycles. The van der Waals surface area contributed by atoms with E-state index in [0.717, 1.165) is 16.8 Å². The van der Waals surface area contributed by atoms with Gasteiger partial charge in [-0.3, -0.25) is 4.79 Å². The summed E-state index contributed by atoms with van der Waals surface area (Å²) in [4.78, 5) is 16.4. The minimum atomic E-state index is 0.0225. The number of Topliss-reactive ketones (excluding diaryl/α,β-unsaturated/α-hetero) is 1. The zero-order valence-corrected chi connectivity index (χ0v) is 9.96. The molecule has 0 N–H and O–H groups in total. The lowest BCUT2D eigenvalue weighted by Gasteiger charge is -2.00. The molecule has 2 heterocycles. The molecule has 0 bridgehead atoms. The van der Waals surface area contributed by atoms with Crippen molar-refractivity contribution in [3.8, 4) is 0 Å². The summed E-state index contributed by atoms with van der Waals surface area (Å²) in [6, 6.07) is 7.53. The molecule has 0 unspecified atom stereocenters. The molecule has 0 radical (unpaired) electrons. The number of furan rings is 1. The van der Waals surface area contributed by atoms with Crippen molar-refractivity contribution in [2.24, 2.45) is 7.05 Å². The number of para-hydroxylation sites is 1. The zero-order chi connectivity index (χ0) is 12.5. The number of hydrogen-bond donors (Lipinski definition) is 0. The lowest BCUT2D eigenvalue weighted by atomic mass is 10.1. The summed E-state index contributed by atoms with van der Waals surface area (Å²) < 4.78 is 7.22. The first-order valence-electron chi connectivity index (χ1n) is 5.71. The summed E-state index contributed by atoms with van der Waals surface area (Å²) >= 11 is 0. The number of aromatic nitrogens is 2. The van der Waals surface area contributed by atoms with E-state index in [-0.39, 0.29) is 12.2 Å². The third kappa shape index (κ3) is 1.72. The van der Waals surface area contributed by atoms with Gasteiger partial charge in [0, 0.05) is 24.8 Å². The Morgan fingerprint density at radius 3 is 3.00 bits per heavy atom. The fourth-order valence-corrected chi connectivity index (χ4v) is 2.00. The van der Waals surface area contributed by atoms with Crippen LogP contribution in [0.1, 0.15) is 16.2 Å². The lowest BCUT2D eigenvalue weighted by Crippen LogP contribution is -2.07. The highest BCUT2D eigenvalue weighted by atomic mass is 16.3. The van der Waals surface area contributed by atoms with Crippen LogP contribution in [0.5, 0.6) is 0 Å². The minimum Gasteiger partial charge on any atom is -0.464 e. The Hall–Kier alpha value is -2.36. The smallest absolute Gasteiger partial charge is 0.174 e. The molecule has 4 heteroatoms. The van der Waals surface area contributed by atoms with Crippen molar-refractivity contribution in [1.29, 1.82) is 0 Å². The van der Waals surface area contributed by atoms with Gasteiger partial charge in [0.25, 0.3) is 0 Å². The maximum absolute atomic E-state index is 12.2. The van der Waals surface area contributed by atoms with Gasteiger partial charge in [0.2, 0.25) is 0 Å². The van der Waals surface area contributed by atoms with E-state index in [1.165, 1.54) is 6.26 Å². The highest BCUT2D eigenvalue weighted by Gasteiger charge is 2.15. The third-order valence-corrected chi connectivity index (χ3v) is 3.02.